The molecule has 7 nitrogen and oxygen atoms in total. The van der Waals surface area contributed by atoms with Crippen LogP contribution in [0.3, 0.4) is 0 Å². The average Bonchev–Trinajstić information content (AvgIpc) is 2.85. The van der Waals surface area contributed by atoms with Gasteiger partial charge in [-0.15, -0.1) is 0 Å². The Morgan fingerprint density at radius 3 is 2.14 bits per heavy atom. The van der Waals surface area contributed by atoms with Crippen molar-refractivity contribution in [1.29, 1.82) is 0 Å². The van der Waals surface area contributed by atoms with Crippen LogP contribution < -0.4 is 0 Å². The van der Waals surface area contributed by atoms with E-state index in [0.29, 0.717) is 22.3 Å². The number of rotatable bonds is 4. The van der Waals surface area contributed by atoms with Gasteiger partial charge < -0.3 is 20.4 Å². The summed E-state index contributed by atoms with van der Waals surface area (Å²) in [7, 11) is 0. The lowest BCUT2D eigenvalue weighted by Gasteiger charge is -2.59. The van der Waals surface area contributed by atoms with E-state index >= 15 is 0 Å². The predicted octanol–water partition coefficient (Wildman–Crippen LogP) is 6.22. The van der Waals surface area contributed by atoms with Gasteiger partial charge in [0.05, 0.1) is 5.56 Å². The lowest BCUT2D eigenvalue weighted by atomic mass is 9.44. The molecule has 42 heavy (non-hydrogen) atoms. The Balaban J connectivity index is 1.76. The van der Waals surface area contributed by atoms with Crippen molar-refractivity contribution in [3.05, 3.63) is 75.8 Å². The van der Waals surface area contributed by atoms with Crippen molar-refractivity contribution in [3.8, 4) is 16.9 Å². The third kappa shape index (κ3) is 3.77. The highest BCUT2D eigenvalue weighted by atomic mass is 19.1. The van der Waals surface area contributed by atoms with Crippen LogP contribution in [-0.2, 0) is 21.7 Å². The molecule has 0 radical (unpaired) electrons. The maximum Gasteiger partial charge on any atom is 0.209 e. The number of aliphatic hydroxyl groups excluding tert-OH is 2. The molecule has 0 spiro atoms. The van der Waals surface area contributed by atoms with Crippen LogP contribution in [0.2, 0.25) is 0 Å². The molecule has 5 rings (SSSR count). The molecule has 0 bridgehead atoms. The number of halogens is 1. The van der Waals surface area contributed by atoms with E-state index in [2.05, 4.69) is 0 Å². The van der Waals surface area contributed by atoms with Crippen molar-refractivity contribution >= 4 is 17.3 Å². The monoisotopic (exact) mass is 576 g/mol. The molecule has 0 heterocycles. The predicted molar refractivity (Wildman–Crippen MR) is 155 cm³/mol. The van der Waals surface area contributed by atoms with Crippen molar-refractivity contribution < 1.29 is 39.2 Å². The van der Waals surface area contributed by atoms with Gasteiger partial charge in [-0.1, -0.05) is 58.0 Å². The molecule has 0 amide bonds. The van der Waals surface area contributed by atoms with Gasteiger partial charge in [0.2, 0.25) is 5.78 Å². The van der Waals surface area contributed by atoms with Crippen LogP contribution >= 0.6 is 0 Å². The summed E-state index contributed by atoms with van der Waals surface area (Å²) in [6.07, 6.45) is 0.164. The minimum atomic E-state index is -2.65. The first-order valence-corrected chi connectivity index (χ1v) is 14.2. The molecule has 0 aromatic heterocycles. The molecule has 0 fully saturated rings. The Morgan fingerprint density at radius 2 is 1.62 bits per heavy atom. The highest BCUT2D eigenvalue weighted by Crippen LogP contribution is 2.65. The van der Waals surface area contributed by atoms with Crippen LogP contribution in [-0.4, -0.2) is 43.4 Å². The van der Waals surface area contributed by atoms with E-state index in [9.17, 15) is 39.2 Å². The number of allylic oxidation sites excluding steroid dienone is 2. The Kier molecular flexibility index (Phi) is 6.44. The van der Waals surface area contributed by atoms with Crippen LogP contribution in [0.25, 0.3) is 11.1 Å². The molecule has 8 heteroatoms. The maximum absolute atomic E-state index is 14.5. The number of carbonyl (C=O) groups excluding carboxylic acids is 3. The molecule has 1 unspecified atom stereocenters. The van der Waals surface area contributed by atoms with E-state index < -0.39 is 62.5 Å². The van der Waals surface area contributed by atoms with Gasteiger partial charge in [-0.2, -0.15) is 0 Å². The fourth-order valence-corrected chi connectivity index (χ4v) is 8.05. The number of aromatic hydroxyl groups is 1. The Bertz CT molecular complexity index is 1620. The number of carbonyl (C=O) groups is 3. The Morgan fingerprint density at radius 1 is 1.02 bits per heavy atom. The number of phenols is 1. The number of aliphatic hydroxyl groups is 3. The number of alkyl halides is 1. The van der Waals surface area contributed by atoms with Crippen LogP contribution in [0.1, 0.15) is 76.4 Å². The van der Waals surface area contributed by atoms with Gasteiger partial charge in [-0.25, -0.2) is 4.39 Å². The number of hydrogen-bond donors (Lipinski definition) is 4. The van der Waals surface area contributed by atoms with Crippen LogP contribution in [0.4, 0.5) is 4.39 Å². The summed E-state index contributed by atoms with van der Waals surface area (Å²) in [5.74, 6) is -5.48. The third-order valence-electron chi connectivity index (χ3n) is 9.77. The number of ketones is 3. The lowest BCUT2D eigenvalue weighted by Crippen LogP contribution is -2.67. The van der Waals surface area contributed by atoms with Gasteiger partial charge in [0.25, 0.3) is 0 Å². The van der Waals surface area contributed by atoms with Crippen molar-refractivity contribution in [2.45, 2.75) is 72.6 Å². The molecule has 2 aromatic rings. The molecular formula is C34H37FO7. The molecule has 0 saturated heterocycles. The first-order valence-electron chi connectivity index (χ1n) is 14.2. The average molecular weight is 577 g/mol. The molecule has 0 aliphatic heterocycles. The van der Waals surface area contributed by atoms with E-state index in [-0.39, 0.29) is 35.6 Å². The molecule has 2 aromatic carbocycles. The fraction of sp³-hybridized carbons (Fsp3) is 0.441. The largest absolute Gasteiger partial charge is 0.511 e. The van der Waals surface area contributed by atoms with Crippen LogP contribution in [0, 0.1) is 22.7 Å². The molecular weight excluding hydrogens is 539 g/mol. The van der Waals surface area contributed by atoms with Crippen LogP contribution in [0.5, 0.6) is 5.75 Å². The summed E-state index contributed by atoms with van der Waals surface area (Å²) in [5.41, 5.74) is -5.31. The third-order valence-corrected chi connectivity index (χ3v) is 9.77. The second-order valence-electron chi connectivity index (χ2n) is 13.5. The van der Waals surface area contributed by atoms with Crippen LogP contribution in [0.15, 0.2) is 59.1 Å². The smallest absolute Gasteiger partial charge is 0.209 e. The number of phenolic OH excluding ortho intramolecular Hbond substituents is 1. The van der Waals surface area contributed by atoms with Gasteiger partial charge >= 0.3 is 0 Å². The fourth-order valence-electron chi connectivity index (χ4n) is 8.05. The molecule has 4 N–H and O–H groups in total. The van der Waals surface area contributed by atoms with E-state index in [1.54, 1.807) is 58.0 Å². The molecule has 3 aliphatic carbocycles. The Labute approximate surface area is 244 Å². The number of benzene rings is 2. The first kappa shape index (κ1) is 29.7. The lowest BCUT2D eigenvalue weighted by molar-refractivity contribution is -0.171. The number of fused-ring (bicyclic) bond motifs is 3. The minimum absolute atomic E-state index is 0.00891. The zero-order valence-corrected chi connectivity index (χ0v) is 24.9. The van der Waals surface area contributed by atoms with Gasteiger partial charge in [0.15, 0.2) is 17.2 Å². The van der Waals surface area contributed by atoms with Crippen molar-refractivity contribution in [2.24, 2.45) is 22.7 Å². The molecule has 3 aliphatic rings. The zero-order valence-electron chi connectivity index (χ0n) is 24.9. The SMILES string of the molecule is CC(=O)C1=C(O)C(C(C)C)[C@@]2(C)C[C@@]3(C)Cc4c(-c5ccc(C(C)(C)F)cc5)ccc(O)c4C(=O)C3=C(O)[C@@]2(O)C1=O. The molecule has 0 saturated carbocycles. The summed E-state index contributed by atoms with van der Waals surface area (Å²) in [5, 5.41) is 46.1. The summed E-state index contributed by atoms with van der Waals surface area (Å²) in [6.45, 7) is 11.0. The highest BCUT2D eigenvalue weighted by Gasteiger charge is 2.71. The number of hydrogen-bond acceptors (Lipinski definition) is 7. The minimum Gasteiger partial charge on any atom is -0.511 e. The van der Waals surface area contributed by atoms with Gasteiger partial charge in [0, 0.05) is 22.3 Å². The van der Waals surface area contributed by atoms with E-state index in [0.717, 1.165) is 6.92 Å². The molecule has 4 atom stereocenters. The molecule has 222 valence electrons. The topological polar surface area (TPSA) is 132 Å². The standard InChI is InChI=1S/C34H37FO7/c1-16(2)25-27(38)23(17(3)36)29(40)34(42)30(41)26-28(39)24-21(14-32(26,6)15-33(25,34)7)20(12-13-22(24)37)18-8-10-19(11-9-18)31(4,5)35/h8-13,16,25,37-38,41-42H,14-15H2,1-7H3/t25?,32-,33-,34+/m1/s1. The van der Waals surface area contributed by atoms with E-state index in [1.807, 2.05) is 0 Å². The van der Waals surface area contributed by atoms with E-state index in [1.165, 1.54) is 19.9 Å². The summed E-state index contributed by atoms with van der Waals surface area (Å²) >= 11 is 0. The van der Waals surface area contributed by atoms with Gasteiger partial charge in [-0.05, 0) is 67.9 Å². The van der Waals surface area contributed by atoms with Crippen molar-refractivity contribution in [3.63, 3.8) is 0 Å². The second-order valence-corrected chi connectivity index (χ2v) is 13.5. The summed E-state index contributed by atoms with van der Waals surface area (Å²) < 4.78 is 14.5. The van der Waals surface area contributed by atoms with Crippen molar-refractivity contribution in [2.75, 3.05) is 0 Å². The summed E-state index contributed by atoms with van der Waals surface area (Å²) in [6, 6.07) is 9.90. The van der Waals surface area contributed by atoms with E-state index in [4.69, 9.17) is 0 Å². The van der Waals surface area contributed by atoms with Gasteiger partial charge in [-0.3, -0.25) is 14.4 Å². The quantitative estimate of drug-likeness (QED) is 0.318. The summed E-state index contributed by atoms with van der Waals surface area (Å²) in [4.78, 5) is 40.5. The number of Topliss-reactive ketones (excluding diaryl/α,β-unsaturated/α-hetero) is 3. The van der Waals surface area contributed by atoms with Crippen molar-refractivity contribution in [1.82, 2.24) is 0 Å². The maximum atomic E-state index is 14.5. The van der Waals surface area contributed by atoms with Gasteiger partial charge in [0.1, 0.15) is 28.5 Å². The second kappa shape index (κ2) is 9.11. The Hall–Kier alpha value is -3.78. The normalized spacial score (nSPS) is 29.4. The zero-order chi connectivity index (χ0) is 31.3. The highest BCUT2D eigenvalue weighted by molar-refractivity contribution is 6.25. The first-order chi connectivity index (χ1) is 19.3.